The molecule has 204 valence electrons. The summed E-state index contributed by atoms with van der Waals surface area (Å²) in [7, 11) is 0. The minimum absolute atomic E-state index is 0.0276. The number of rotatable bonds is 6. The molecule has 0 aliphatic carbocycles. The number of benzene rings is 1. The number of nitrogens with one attached hydrogen (secondary N) is 2. The van der Waals surface area contributed by atoms with Crippen molar-refractivity contribution in [2.75, 3.05) is 13.1 Å². The van der Waals surface area contributed by atoms with Crippen LogP contribution in [-0.4, -0.2) is 53.3 Å². The van der Waals surface area contributed by atoms with E-state index in [1.165, 1.54) is 11.3 Å². The summed E-state index contributed by atoms with van der Waals surface area (Å²) < 4.78 is 7.90. The second kappa shape index (κ2) is 12.7. The van der Waals surface area contributed by atoms with Gasteiger partial charge in [0.15, 0.2) is 6.21 Å². The SMILES string of the molecule is CC(C)C[C@@H](C(=O)N[C@H]1CC2C=[N+](CCCCCCNC1=O)c1ccccc12)C(C)C(=O)OC(C)(C)C. The van der Waals surface area contributed by atoms with E-state index < -0.39 is 23.5 Å². The lowest BCUT2D eigenvalue weighted by molar-refractivity contribution is -0.433. The number of hydrogen-bond acceptors (Lipinski definition) is 4. The van der Waals surface area contributed by atoms with Crippen molar-refractivity contribution in [3.8, 4) is 0 Å². The monoisotopic (exact) mass is 512 g/mol. The number of para-hydroxylation sites is 1. The molecule has 2 heterocycles. The second-order valence-electron chi connectivity index (χ2n) is 12.1. The molecule has 0 spiro atoms. The van der Waals surface area contributed by atoms with Crippen LogP contribution in [0.5, 0.6) is 0 Å². The molecule has 2 unspecified atom stereocenters. The number of ether oxygens (including phenoxy) is 1. The van der Waals surface area contributed by atoms with Crippen molar-refractivity contribution in [1.82, 2.24) is 10.6 Å². The Morgan fingerprint density at radius 1 is 1.11 bits per heavy atom. The largest absolute Gasteiger partial charge is 0.460 e. The van der Waals surface area contributed by atoms with E-state index in [0.29, 0.717) is 19.4 Å². The molecule has 0 saturated carbocycles. The first-order chi connectivity index (χ1) is 17.5. The summed E-state index contributed by atoms with van der Waals surface area (Å²) in [5.41, 5.74) is 1.74. The summed E-state index contributed by atoms with van der Waals surface area (Å²) in [5.74, 6) is -1.78. The number of hydrogen-bond donors (Lipinski definition) is 2. The second-order valence-corrected chi connectivity index (χ2v) is 12.1. The summed E-state index contributed by atoms with van der Waals surface area (Å²) in [4.78, 5) is 39.9. The predicted molar refractivity (Wildman–Crippen MR) is 146 cm³/mol. The van der Waals surface area contributed by atoms with Crippen LogP contribution in [-0.2, 0) is 19.1 Å². The van der Waals surface area contributed by atoms with E-state index in [2.05, 4.69) is 33.6 Å². The van der Waals surface area contributed by atoms with E-state index in [1.54, 1.807) is 6.92 Å². The van der Waals surface area contributed by atoms with Crippen molar-refractivity contribution in [1.29, 1.82) is 0 Å². The van der Waals surface area contributed by atoms with Crippen molar-refractivity contribution in [2.24, 2.45) is 17.8 Å². The number of esters is 1. The molecule has 0 saturated heterocycles. The van der Waals surface area contributed by atoms with E-state index in [-0.39, 0.29) is 29.6 Å². The molecule has 0 aromatic heterocycles. The molecule has 7 heteroatoms. The highest BCUT2D eigenvalue weighted by Crippen LogP contribution is 2.35. The fourth-order valence-electron chi connectivity index (χ4n) is 5.29. The van der Waals surface area contributed by atoms with E-state index >= 15 is 0 Å². The normalized spacial score (nSPS) is 22.4. The molecule has 0 radical (unpaired) electrons. The molecule has 2 aliphatic heterocycles. The third kappa shape index (κ3) is 8.14. The quantitative estimate of drug-likeness (QED) is 0.427. The number of amides is 2. The van der Waals surface area contributed by atoms with Crippen LogP contribution in [0.15, 0.2) is 24.3 Å². The Balaban J connectivity index is 1.84. The lowest BCUT2D eigenvalue weighted by Gasteiger charge is -2.29. The number of carbonyl (C=O) groups is 3. The minimum Gasteiger partial charge on any atom is -0.460 e. The Morgan fingerprint density at radius 3 is 2.51 bits per heavy atom. The molecule has 2 bridgehead atoms. The van der Waals surface area contributed by atoms with E-state index in [1.807, 2.05) is 46.8 Å². The van der Waals surface area contributed by atoms with Crippen LogP contribution in [0.2, 0.25) is 0 Å². The summed E-state index contributed by atoms with van der Waals surface area (Å²) >= 11 is 0. The molecule has 1 aromatic rings. The maximum absolute atomic E-state index is 13.7. The number of fused-ring (bicyclic) bond motifs is 4. The Kier molecular flexibility index (Phi) is 9.91. The maximum Gasteiger partial charge on any atom is 0.309 e. The standard InChI is InChI=1S/C30H45N3O4/c1-20(2)17-24(21(3)29(36)37-30(4,5)6)27(34)32-25-18-22-19-33(26-14-10-9-13-23(22)26)16-12-8-7-11-15-31-28(25)35/h9-10,13-14,19-22,24-25H,7-8,11-12,15-18H2,1-6H3,(H-,31,32,34,35)/p+1/t21?,22?,24-,25+/m1/s1. The highest BCUT2D eigenvalue weighted by Gasteiger charge is 2.38. The van der Waals surface area contributed by atoms with Crippen molar-refractivity contribution < 1.29 is 23.7 Å². The van der Waals surface area contributed by atoms with Gasteiger partial charge in [0.25, 0.3) is 0 Å². The highest BCUT2D eigenvalue weighted by molar-refractivity contribution is 5.91. The average Bonchev–Trinajstić information content (AvgIpc) is 3.17. The molecule has 4 atom stereocenters. The lowest BCUT2D eigenvalue weighted by atomic mass is 9.85. The molecule has 2 aliphatic rings. The fraction of sp³-hybridized carbons (Fsp3) is 0.667. The van der Waals surface area contributed by atoms with Crippen LogP contribution < -0.4 is 10.6 Å². The Labute approximate surface area is 222 Å². The Morgan fingerprint density at radius 2 is 1.81 bits per heavy atom. The molecule has 2 N–H and O–H groups in total. The number of nitrogens with zero attached hydrogens (tertiary/aromatic N) is 1. The van der Waals surface area contributed by atoms with Crippen LogP contribution in [0, 0.1) is 17.8 Å². The molecule has 3 rings (SSSR count). The van der Waals surface area contributed by atoms with Crippen molar-refractivity contribution in [3.05, 3.63) is 29.8 Å². The zero-order chi connectivity index (χ0) is 27.2. The van der Waals surface area contributed by atoms with Gasteiger partial charge < -0.3 is 15.4 Å². The summed E-state index contributed by atoms with van der Waals surface area (Å²) in [5, 5.41) is 6.11. The van der Waals surface area contributed by atoms with E-state index in [4.69, 9.17) is 4.74 Å². The predicted octanol–water partition coefficient (Wildman–Crippen LogP) is 4.70. The molecule has 1 aromatic carbocycles. The van der Waals surface area contributed by atoms with Crippen LogP contribution in [0.3, 0.4) is 0 Å². The van der Waals surface area contributed by atoms with Gasteiger partial charge in [-0.05, 0) is 52.4 Å². The van der Waals surface area contributed by atoms with Gasteiger partial charge in [0.1, 0.15) is 18.2 Å². The zero-order valence-corrected chi connectivity index (χ0v) is 23.5. The topological polar surface area (TPSA) is 87.5 Å². The van der Waals surface area contributed by atoms with E-state index in [9.17, 15) is 14.4 Å². The third-order valence-electron chi connectivity index (χ3n) is 7.20. The molecule has 2 amide bonds. The van der Waals surface area contributed by atoms with Gasteiger partial charge in [-0.2, -0.15) is 0 Å². The molecule has 37 heavy (non-hydrogen) atoms. The lowest BCUT2D eigenvalue weighted by Crippen LogP contribution is -2.51. The maximum atomic E-state index is 13.7. The van der Waals surface area contributed by atoms with Crippen LogP contribution >= 0.6 is 0 Å². The highest BCUT2D eigenvalue weighted by atomic mass is 16.6. The van der Waals surface area contributed by atoms with Gasteiger partial charge in [-0.15, -0.1) is 0 Å². The summed E-state index contributed by atoms with van der Waals surface area (Å²) in [6, 6.07) is 7.63. The molecular weight excluding hydrogens is 466 g/mol. The Hall–Kier alpha value is -2.70. The number of carbonyl (C=O) groups excluding carboxylic acids is 3. The van der Waals surface area contributed by atoms with Gasteiger partial charge in [-0.1, -0.05) is 45.4 Å². The first-order valence-corrected chi connectivity index (χ1v) is 14.0. The smallest absolute Gasteiger partial charge is 0.309 e. The van der Waals surface area contributed by atoms with Gasteiger partial charge in [0.2, 0.25) is 17.5 Å². The molecule has 7 nitrogen and oxygen atoms in total. The Bertz CT molecular complexity index is 995. The van der Waals surface area contributed by atoms with Gasteiger partial charge in [-0.25, -0.2) is 4.58 Å². The first kappa shape index (κ1) is 28.9. The van der Waals surface area contributed by atoms with Gasteiger partial charge >= 0.3 is 5.97 Å². The van der Waals surface area contributed by atoms with Crippen molar-refractivity contribution in [3.63, 3.8) is 0 Å². The van der Waals surface area contributed by atoms with Gasteiger partial charge in [-0.3, -0.25) is 14.4 Å². The average molecular weight is 513 g/mol. The van der Waals surface area contributed by atoms with Crippen LogP contribution in [0.25, 0.3) is 0 Å². The zero-order valence-electron chi connectivity index (χ0n) is 23.5. The van der Waals surface area contributed by atoms with Crippen LogP contribution in [0.1, 0.15) is 91.5 Å². The summed E-state index contributed by atoms with van der Waals surface area (Å²) in [6.07, 6.45) is 7.41. The van der Waals surface area contributed by atoms with Crippen molar-refractivity contribution in [2.45, 2.75) is 97.6 Å². The summed E-state index contributed by atoms with van der Waals surface area (Å²) in [6.45, 7) is 12.9. The first-order valence-electron chi connectivity index (χ1n) is 14.0. The molecular formula is C30H46N3O4+. The van der Waals surface area contributed by atoms with Gasteiger partial charge in [0, 0.05) is 24.6 Å². The third-order valence-corrected chi connectivity index (χ3v) is 7.20. The van der Waals surface area contributed by atoms with Crippen molar-refractivity contribution >= 4 is 29.7 Å². The fourth-order valence-corrected chi connectivity index (χ4v) is 5.29. The van der Waals surface area contributed by atoms with E-state index in [0.717, 1.165) is 32.2 Å². The minimum atomic E-state index is -0.692. The van der Waals surface area contributed by atoms with Crippen LogP contribution in [0.4, 0.5) is 5.69 Å². The molecule has 0 fully saturated rings. The van der Waals surface area contributed by atoms with Gasteiger partial charge in [0.05, 0.1) is 17.8 Å².